The molecule has 0 N–H and O–H groups in total. The topological polar surface area (TPSA) is 85.0 Å². The molecule has 0 saturated carbocycles. The van der Waals surface area contributed by atoms with Crippen LogP contribution >= 0.6 is 0 Å². The van der Waals surface area contributed by atoms with Crippen molar-refractivity contribution in [2.24, 2.45) is 14.1 Å². The second kappa shape index (κ2) is 8.57. The molecule has 0 spiro atoms. The summed E-state index contributed by atoms with van der Waals surface area (Å²) >= 11 is 0. The van der Waals surface area contributed by atoms with E-state index in [2.05, 4.69) is 34.2 Å². The number of likely N-dealkylation sites (N-methyl/N-ethyl adjacent to an activating group) is 1. The third kappa shape index (κ3) is 4.02. The maximum Gasteiger partial charge on any atom is 0.331 e. The first-order valence-corrected chi connectivity index (χ1v) is 10.4. The van der Waals surface area contributed by atoms with E-state index in [0.29, 0.717) is 29.4 Å². The first-order valence-electron chi connectivity index (χ1n) is 10.4. The number of ether oxygens (including phenoxy) is 1. The van der Waals surface area contributed by atoms with Crippen LogP contribution in [0.4, 0.5) is 5.95 Å². The van der Waals surface area contributed by atoms with Crippen molar-refractivity contribution in [3.8, 4) is 17.4 Å². The van der Waals surface area contributed by atoms with Gasteiger partial charge in [-0.2, -0.15) is 9.97 Å². The predicted molar refractivity (Wildman–Crippen MR) is 122 cm³/mol. The second-order valence-electron chi connectivity index (χ2n) is 8.38. The Hall–Kier alpha value is -3.49. The summed E-state index contributed by atoms with van der Waals surface area (Å²) in [4.78, 5) is 21.2. The number of hydrogen-bond donors (Lipinski definition) is 0. The molecule has 0 fully saturated rings. The number of fused-ring (bicyclic) bond motifs is 1. The summed E-state index contributed by atoms with van der Waals surface area (Å²) in [5.41, 5.74) is 1.94. The fourth-order valence-corrected chi connectivity index (χ4v) is 3.67. The van der Waals surface area contributed by atoms with E-state index in [9.17, 15) is 9.90 Å². The lowest BCUT2D eigenvalue weighted by Crippen LogP contribution is -2.44. The molecule has 4 rings (SSSR count). The lowest BCUT2D eigenvalue weighted by Gasteiger charge is -2.26. The quantitative estimate of drug-likeness (QED) is 0.417. The third-order valence-corrected chi connectivity index (χ3v) is 5.71. The summed E-state index contributed by atoms with van der Waals surface area (Å²) < 4.78 is 9.05. The van der Waals surface area contributed by atoms with Gasteiger partial charge in [0.15, 0.2) is 5.82 Å². The van der Waals surface area contributed by atoms with E-state index in [1.54, 1.807) is 7.05 Å². The van der Waals surface area contributed by atoms with Gasteiger partial charge in [0.25, 0.3) is 0 Å². The summed E-state index contributed by atoms with van der Waals surface area (Å²) in [6.07, 6.45) is -0.190. The van der Waals surface area contributed by atoms with Gasteiger partial charge in [0, 0.05) is 14.1 Å². The van der Waals surface area contributed by atoms with Crippen LogP contribution in [0, 0.1) is 0 Å². The number of imidazole rings is 1. The number of quaternary nitrogens is 1. The van der Waals surface area contributed by atoms with E-state index in [4.69, 9.17) is 4.74 Å². The van der Waals surface area contributed by atoms with Gasteiger partial charge in [0.05, 0.1) is 20.7 Å². The van der Waals surface area contributed by atoms with Gasteiger partial charge in [0.1, 0.15) is 18.3 Å². The first-order chi connectivity index (χ1) is 15.3. The molecule has 2 heterocycles. The molecule has 32 heavy (non-hydrogen) atoms. The molecule has 0 atom stereocenters. The summed E-state index contributed by atoms with van der Waals surface area (Å²) in [6.45, 7) is 1.03. The third-order valence-electron chi connectivity index (χ3n) is 5.71. The largest absolute Gasteiger partial charge is 0.858 e. The number of hydrogen-bond acceptors (Lipinski definition) is 5. The Morgan fingerprint density at radius 1 is 0.938 bits per heavy atom. The van der Waals surface area contributed by atoms with Gasteiger partial charge in [-0.25, -0.2) is 4.79 Å². The standard InChI is InChI=1S/C24H27N5O3/c1-27-21-19(22(30)28(2)24(27)31)25-23(26-21)29(3,4)15-16-32-20(17-11-7-5-8-12-17)18-13-9-6-10-14-18/h5-14,20H,15-16H2,1-4H3. The highest BCUT2D eigenvalue weighted by Crippen LogP contribution is 2.29. The van der Waals surface area contributed by atoms with Crippen LogP contribution in [0.15, 0.2) is 65.5 Å². The minimum atomic E-state index is -0.439. The van der Waals surface area contributed by atoms with Gasteiger partial charge in [-0.1, -0.05) is 60.7 Å². The molecular weight excluding hydrogens is 406 g/mol. The minimum Gasteiger partial charge on any atom is -0.858 e. The number of rotatable bonds is 7. The molecule has 8 nitrogen and oxygen atoms in total. The fourth-order valence-electron chi connectivity index (χ4n) is 3.67. The molecule has 0 aliphatic carbocycles. The summed E-state index contributed by atoms with van der Waals surface area (Å²) in [6, 6.07) is 20.2. The van der Waals surface area contributed by atoms with Gasteiger partial charge in [-0.05, 0) is 17.0 Å². The van der Waals surface area contributed by atoms with E-state index in [1.165, 1.54) is 11.6 Å². The van der Waals surface area contributed by atoms with Crippen molar-refractivity contribution in [3.63, 3.8) is 0 Å². The van der Waals surface area contributed by atoms with Crippen molar-refractivity contribution in [1.82, 2.24) is 23.6 Å². The van der Waals surface area contributed by atoms with E-state index >= 15 is 0 Å². The molecule has 2 aromatic rings. The van der Waals surface area contributed by atoms with Gasteiger partial charge in [0.2, 0.25) is 0 Å². The SMILES string of the molecule is Cn1c2nc([N+](C)(C)CCOC(c3ccccc3)c3ccccc3)nc-2c([O-])n(C)c1=O. The minimum absolute atomic E-state index is 0.190. The highest BCUT2D eigenvalue weighted by molar-refractivity contribution is 5.61. The van der Waals surface area contributed by atoms with Crippen LogP contribution in [0.25, 0.3) is 11.5 Å². The highest BCUT2D eigenvalue weighted by atomic mass is 16.5. The average molecular weight is 434 g/mol. The molecular formula is C24H27N5O3. The van der Waals surface area contributed by atoms with Gasteiger partial charge in [-0.3, -0.25) is 9.05 Å². The van der Waals surface area contributed by atoms with Crippen LogP contribution in [0.2, 0.25) is 0 Å². The summed E-state index contributed by atoms with van der Waals surface area (Å²) in [5.74, 6) is 0.329. The summed E-state index contributed by atoms with van der Waals surface area (Å²) in [5, 5.41) is 12.5. The zero-order valence-electron chi connectivity index (χ0n) is 18.7. The molecule has 0 aromatic heterocycles. The van der Waals surface area contributed by atoms with Crippen LogP contribution in [0.3, 0.4) is 0 Å². The van der Waals surface area contributed by atoms with Gasteiger partial charge < -0.3 is 14.4 Å². The van der Waals surface area contributed by atoms with Crippen molar-refractivity contribution in [2.75, 3.05) is 27.2 Å². The molecule has 0 radical (unpaired) electrons. The average Bonchev–Trinajstić information content (AvgIpc) is 3.27. The monoisotopic (exact) mass is 433 g/mol. The molecule has 2 aliphatic rings. The highest BCUT2D eigenvalue weighted by Gasteiger charge is 2.29. The van der Waals surface area contributed by atoms with Gasteiger partial charge in [-0.15, -0.1) is 0 Å². The zero-order valence-corrected chi connectivity index (χ0v) is 18.7. The molecule has 2 aliphatic heterocycles. The van der Waals surface area contributed by atoms with E-state index < -0.39 is 11.6 Å². The molecule has 0 bridgehead atoms. The lowest BCUT2D eigenvalue weighted by atomic mass is 10.0. The molecule has 0 unspecified atom stereocenters. The van der Waals surface area contributed by atoms with E-state index in [-0.39, 0.29) is 11.8 Å². The molecule has 0 amide bonds. The summed E-state index contributed by atoms with van der Waals surface area (Å²) in [7, 11) is 6.95. The second-order valence-corrected chi connectivity index (χ2v) is 8.38. The molecule has 8 heteroatoms. The predicted octanol–water partition coefficient (Wildman–Crippen LogP) is 2.07. The van der Waals surface area contributed by atoms with Crippen LogP contribution in [-0.4, -0.2) is 46.3 Å². The molecule has 2 aromatic carbocycles. The Labute approximate surface area is 186 Å². The lowest BCUT2D eigenvalue weighted by molar-refractivity contribution is -0.278. The van der Waals surface area contributed by atoms with Crippen molar-refractivity contribution in [3.05, 3.63) is 82.3 Å². The Balaban J connectivity index is 1.56. The Morgan fingerprint density at radius 3 is 2.06 bits per heavy atom. The first kappa shape index (κ1) is 21.7. The van der Waals surface area contributed by atoms with E-state index in [1.807, 2.05) is 50.5 Å². The van der Waals surface area contributed by atoms with E-state index in [0.717, 1.165) is 15.7 Å². The van der Waals surface area contributed by atoms with Crippen LogP contribution in [0.1, 0.15) is 17.2 Å². The molecule has 0 saturated heterocycles. The number of aromatic nitrogens is 4. The van der Waals surface area contributed by atoms with Gasteiger partial charge >= 0.3 is 11.6 Å². The van der Waals surface area contributed by atoms with Crippen molar-refractivity contribution in [2.45, 2.75) is 6.10 Å². The maximum atomic E-state index is 12.5. The Bertz CT molecular complexity index is 1190. The van der Waals surface area contributed by atoms with Crippen molar-refractivity contribution < 1.29 is 9.84 Å². The van der Waals surface area contributed by atoms with Crippen LogP contribution in [-0.2, 0) is 18.8 Å². The smallest absolute Gasteiger partial charge is 0.331 e. The Kier molecular flexibility index (Phi) is 5.82. The normalized spacial score (nSPS) is 12.0. The van der Waals surface area contributed by atoms with Crippen LogP contribution in [0.5, 0.6) is 5.88 Å². The van der Waals surface area contributed by atoms with Crippen molar-refractivity contribution >= 4 is 5.95 Å². The fraction of sp³-hybridized carbons (Fsp3) is 0.292. The maximum absolute atomic E-state index is 12.5. The van der Waals surface area contributed by atoms with Crippen LogP contribution < -0.4 is 15.3 Å². The zero-order chi connectivity index (χ0) is 22.9. The van der Waals surface area contributed by atoms with Crippen molar-refractivity contribution in [1.29, 1.82) is 0 Å². The number of nitrogens with zero attached hydrogens (tertiary/aromatic N) is 5. The number of benzene rings is 2. The Morgan fingerprint density at radius 2 is 1.50 bits per heavy atom. The molecule has 166 valence electrons.